The number of carboxylic acids is 1. The summed E-state index contributed by atoms with van der Waals surface area (Å²) in [4.78, 5) is 10.3. The maximum atomic E-state index is 12.0. The van der Waals surface area contributed by atoms with E-state index in [9.17, 15) is 23.1 Å². The second-order valence-electron chi connectivity index (χ2n) is 3.33. The fourth-order valence-electron chi connectivity index (χ4n) is 1.26. The van der Waals surface area contributed by atoms with Gasteiger partial charge in [0.05, 0.1) is 12.8 Å². The number of hydrogen-bond donors (Lipinski definition) is 2. The Kier molecular flexibility index (Phi) is 3.41. The molecule has 88 valence electrons. The van der Waals surface area contributed by atoms with Crippen LogP contribution >= 0.6 is 0 Å². The van der Waals surface area contributed by atoms with Crippen molar-refractivity contribution in [2.45, 2.75) is 19.0 Å². The molecule has 0 aliphatic rings. The van der Waals surface area contributed by atoms with Gasteiger partial charge in [0.15, 0.2) is 0 Å². The fourth-order valence-corrected chi connectivity index (χ4v) is 1.26. The minimum absolute atomic E-state index is 0.260. The van der Waals surface area contributed by atoms with Crippen LogP contribution in [0.3, 0.4) is 0 Å². The zero-order valence-electron chi connectivity index (χ0n) is 8.08. The second kappa shape index (κ2) is 4.42. The summed E-state index contributed by atoms with van der Waals surface area (Å²) in [6, 6.07) is 3.38. The second-order valence-corrected chi connectivity index (χ2v) is 3.33. The fraction of sp³-hybridized carbons (Fsp3) is 0.300. The largest absolute Gasteiger partial charge is 0.508 e. The number of aromatic hydroxyl groups is 1. The predicted molar refractivity (Wildman–Crippen MR) is 49.2 cm³/mol. The number of halogens is 3. The molecule has 0 saturated heterocycles. The molecule has 0 aliphatic carbocycles. The summed E-state index contributed by atoms with van der Waals surface area (Å²) in [5.74, 6) is -1.64. The molecular weight excluding hydrogens is 225 g/mol. The zero-order chi connectivity index (χ0) is 12.3. The van der Waals surface area contributed by atoms with Gasteiger partial charge in [-0.05, 0) is 11.6 Å². The molecule has 0 heterocycles. The molecule has 1 rings (SSSR count). The molecule has 3 nitrogen and oxygen atoms in total. The Morgan fingerprint density at radius 1 is 1.31 bits per heavy atom. The van der Waals surface area contributed by atoms with Crippen LogP contribution in [0.25, 0.3) is 0 Å². The summed E-state index contributed by atoms with van der Waals surface area (Å²) in [7, 11) is 0. The van der Waals surface area contributed by atoms with Gasteiger partial charge < -0.3 is 10.2 Å². The first-order chi connectivity index (χ1) is 7.28. The van der Waals surface area contributed by atoms with Gasteiger partial charge in [0.25, 0.3) is 0 Å². The van der Waals surface area contributed by atoms with E-state index in [0.717, 1.165) is 12.1 Å². The Hall–Kier alpha value is -1.72. The van der Waals surface area contributed by atoms with Crippen LogP contribution in [0.2, 0.25) is 0 Å². The lowest BCUT2D eigenvalue weighted by Gasteiger charge is -2.09. The average molecular weight is 234 g/mol. The number of rotatable bonds is 3. The molecule has 0 saturated carbocycles. The lowest BCUT2D eigenvalue weighted by atomic mass is 10.1. The Morgan fingerprint density at radius 3 is 2.38 bits per heavy atom. The molecule has 16 heavy (non-hydrogen) atoms. The van der Waals surface area contributed by atoms with Crippen LogP contribution in [0.5, 0.6) is 5.75 Å². The van der Waals surface area contributed by atoms with Gasteiger partial charge >= 0.3 is 12.1 Å². The SMILES string of the molecule is O=C(O)Cc1ccc(CC(F)(F)F)c(O)c1. The van der Waals surface area contributed by atoms with Crippen LogP contribution in [0.1, 0.15) is 11.1 Å². The van der Waals surface area contributed by atoms with Gasteiger partial charge in [0.2, 0.25) is 0 Å². The van der Waals surface area contributed by atoms with Gasteiger partial charge in [0.1, 0.15) is 5.75 Å². The van der Waals surface area contributed by atoms with E-state index in [-0.39, 0.29) is 17.5 Å². The van der Waals surface area contributed by atoms with E-state index in [2.05, 4.69) is 0 Å². The van der Waals surface area contributed by atoms with Crippen molar-refractivity contribution in [3.8, 4) is 5.75 Å². The highest BCUT2D eigenvalue weighted by Crippen LogP contribution is 2.27. The van der Waals surface area contributed by atoms with Crippen molar-refractivity contribution in [3.63, 3.8) is 0 Å². The number of phenols is 1. The van der Waals surface area contributed by atoms with Crippen LogP contribution in [-0.4, -0.2) is 22.4 Å². The van der Waals surface area contributed by atoms with Gasteiger partial charge in [-0.3, -0.25) is 4.79 Å². The van der Waals surface area contributed by atoms with E-state index in [4.69, 9.17) is 5.11 Å². The Labute approximate surface area is 89.1 Å². The molecule has 0 radical (unpaired) electrons. The molecular formula is C10H9F3O3. The van der Waals surface area contributed by atoms with Gasteiger partial charge in [-0.25, -0.2) is 0 Å². The third kappa shape index (κ3) is 3.80. The normalized spacial score (nSPS) is 11.4. The molecule has 6 heteroatoms. The van der Waals surface area contributed by atoms with E-state index in [1.54, 1.807) is 0 Å². The standard InChI is InChI=1S/C10H9F3O3/c11-10(12,13)5-7-2-1-6(3-8(7)14)4-9(15)16/h1-3,14H,4-5H2,(H,15,16). The van der Waals surface area contributed by atoms with Crippen molar-refractivity contribution in [2.75, 3.05) is 0 Å². The predicted octanol–water partition coefficient (Wildman–Crippen LogP) is 2.12. The number of hydrogen-bond acceptors (Lipinski definition) is 2. The molecule has 0 aliphatic heterocycles. The highest BCUT2D eigenvalue weighted by atomic mass is 19.4. The highest BCUT2D eigenvalue weighted by molar-refractivity contribution is 5.70. The maximum Gasteiger partial charge on any atom is 0.393 e. The maximum absolute atomic E-state index is 12.0. The lowest BCUT2D eigenvalue weighted by Crippen LogP contribution is -2.11. The molecule has 0 atom stereocenters. The van der Waals surface area contributed by atoms with Gasteiger partial charge in [-0.15, -0.1) is 0 Å². The monoisotopic (exact) mass is 234 g/mol. The number of benzene rings is 1. The van der Waals surface area contributed by atoms with Crippen molar-refractivity contribution in [2.24, 2.45) is 0 Å². The van der Waals surface area contributed by atoms with E-state index in [0.29, 0.717) is 0 Å². The Morgan fingerprint density at radius 2 is 1.94 bits per heavy atom. The Balaban J connectivity index is 2.87. The van der Waals surface area contributed by atoms with Crippen molar-refractivity contribution in [1.82, 2.24) is 0 Å². The molecule has 1 aromatic rings. The van der Waals surface area contributed by atoms with Crippen LogP contribution in [0, 0.1) is 0 Å². The molecule has 0 fully saturated rings. The van der Waals surface area contributed by atoms with Crippen molar-refractivity contribution < 1.29 is 28.2 Å². The molecule has 1 aromatic carbocycles. The topological polar surface area (TPSA) is 57.5 Å². The molecule has 2 N–H and O–H groups in total. The van der Waals surface area contributed by atoms with E-state index in [1.165, 1.54) is 6.07 Å². The summed E-state index contributed by atoms with van der Waals surface area (Å²) in [6.45, 7) is 0. The third-order valence-corrected chi connectivity index (χ3v) is 1.90. The van der Waals surface area contributed by atoms with E-state index in [1.807, 2.05) is 0 Å². The minimum atomic E-state index is -4.40. The summed E-state index contributed by atoms with van der Waals surface area (Å²) in [5, 5.41) is 17.7. The van der Waals surface area contributed by atoms with Crippen LogP contribution in [-0.2, 0) is 17.6 Å². The summed E-state index contributed by atoms with van der Waals surface area (Å²) >= 11 is 0. The molecule has 0 bridgehead atoms. The number of alkyl halides is 3. The molecule has 0 aromatic heterocycles. The first kappa shape index (κ1) is 12.4. The average Bonchev–Trinajstić information content (AvgIpc) is 2.06. The summed E-state index contributed by atoms with van der Waals surface area (Å²) in [5.41, 5.74) is -0.00226. The number of aliphatic carboxylic acids is 1. The van der Waals surface area contributed by atoms with Crippen molar-refractivity contribution in [1.29, 1.82) is 0 Å². The molecule has 0 amide bonds. The summed E-state index contributed by atoms with van der Waals surface area (Å²) < 4.78 is 36.1. The third-order valence-electron chi connectivity index (χ3n) is 1.90. The highest BCUT2D eigenvalue weighted by Gasteiger charge is 2.28. The van der Waals surface area contributed by atoms with Gasteiger partial charge in [0, 0.05) is 5.56 Å². The van der Waals surface area contributed by atoms with Gasteiger partial charge in [-0.1, -0.05) is 12.1 Å². The van der Waals surface area contributed by atoms with Crippen LogP contribution < -0.4 is 0 Å². The molecule has 0 spiro atoms. The van der Waals surface area contributed by atoms with Crippen molar-refractivity contribution in [3.05, 3.63) is 29.3 Å². The van der Waals surface area contributed by atoms with Crippen LogP contribution in [0.4, 0.5) is 13.2 Å². The van der Waals surface area contributed by atoms with E-state index < -0.39 is 24.3 Å². The molecule has 0 unspecified atom stereocenters. The number of carbonyl (C=O) groups is 1. The van der Waals surface area contributed by atoms with Crippen LogP contribution in [0.15, 0.2) is 18.2 Å². The van der Waals surface area contributed by atoms with E-state index >= 15 is 0 Å². The van der Waals surface area contributed by atoms with Gasteiger partial charge in [-0.2, -0.15) is 13.2 Å². The first-order valence-corrected chi connectivity index (χ1v) is 4.37. The number of carboxylic acid groups (broad SMARTS) is 1. The smallest absolute Gasteiger partial charge is 0.393 e. The zero-order valence-corrected chi connectivity index (χ0v) is 8.08. The lowest BCUT2D eigenvalue weighted by molar-refractivity contribution is -0.136. The minimum Gasteiger partial charge on any atom is -0.508 e. The first-order valence-electron chi connectivity index (χ1n) is 4.37. The Bertz CT molecular complexity index is 399. The quantitative estimate of drug-likeness (QED) is 0.842. The van der Waals surface area contributed by atoms with Crippen molar-refractivity contribution >= 4 is 5.97 Å². The summed E-state index contributed by atoms with van der Waals surface area (Å²) in [6.07, 6.45) is -5.96. The number of phenolic OH excluding ortho intramolecular Hbond substituents is 1.